The smallest absolute Gasteiger partial charge is 0.416 e. The number of carboxylic acid groups (broad SMARTS) is 1. The Hall–Kier alpha value is -2.18. The first-order valence-corrected chi connectivity index (χ1v) is 6.36. The lowest BCUT2D eigenvalue weighted by molar-refractivity contribution is 0.0573. The Morgan fingerprint density at radius 1 is 1.40 bits per heavy atom. The molecule has 7 heteroatoms. The summed E-state index contributed by atoms with van der Waals surface area (Å²) < 4.78 is 5.34. The van der Waals surface area contributed by atoms with Gasteiger partial charge in [0.1, 0.15) is 11.4 Å². The summed E-state index contributed by atoms with van der Waals surface area (Å²) in [5, 5.41) is 8.91. The number of hydrogen-bond acceptors (Lipinski definition) is 5. The van der Waals surface area contributed by atoms with Crippen molar-refractivity contribution < 1.29 is 19.4 Å². The summed E-state index contributed by atoms with van der Waals surface area (Å²) >= 11 is 0. The molecule has 0 bridgehead atoms. The van der Waals surface area contributed by atoms with Gasteiger partial charge in [0.05, 0.1) is 0 Å². The maximum atomic E-state index is 12.2. The van der Waals surface area contributed by atoms with Crippen LogP contribution in [0.25, 0.3) is 0 Å². The molecule has 1 heterocycles. The molecule has 0 saturated heterocycles. The number of carbonyl (C=O) groups excluding carboxylic acids is 1. The molecule has 1 aromatic rings. The van der Waals surface area contributed by atoms with E-state index in [-0.39, 0.29) is 17.7 Å². The Labute approximate surface area is 116 Å². The van der Waals surface area contributed by atoms with Gasteiger partial charge in [-0.1, -0.05) is 0 Å². The molecular formula is C13H17N3O4. The van der Waals surface area contributed by atoms with Crippen molar-refractivity contribution in [3.05, 3.63) is 18.1 Å². The van der Waals surface area contributed by atoms with E-state index in [1.807, 2.05) is 0 Å². The number of rotatable bonds is 3. The number of aromatic carboxylic acids is 1. The topological polar surface area (TPSA) is 92.6 Å². The van der Waals surface area contributed by atoms with Crippen molar-refractivity contribution in [2.75, 3.05) is 4.90 Å². The van der Waals surface area contributed by atoms with Crippen molar-refractivity contribution in [3.8, 4) is 0 Å². The third-order valence-corrected chi connectivity index (χ3v) is 2.58. The van der Waals surface area contributed by atoms with Gasteiger partial charge in [0, 0.05) is 12.2 Å². The molecule has 1 fully saturated rings. The van der Waals surface area contributed by atoms with Crippen molar-refractivity contribution in [3.63, 3.8) is 0 Å². The van der Waals surface area contributed by atoms with E-state index in [2.05, 4.69) is 9.97 Å². The highest BCUT2D eigenvalue weighted by Crippen LogP contribution is 2.32. The Morgan fingerprint density at radius 3 is 2.55 bits per heavy atom. The van der Waals surface area contributed by atoms with Gasteiger partial charge in [-0.2, -0.15) is 0 Å². The Kier molecular flexibility index (Phi) is 3.61. The van der Waals surface area contributed by atoms with Crippen LogP contribution in [0.5, 0.6) is 0 Å². The first kappa shape index (κ1) is 14.2. The summed E-state index contributed by atoms with van der Waals surface area (Å²) in [4.78, 5) is 32.1. The number of carbonyl (C=O) groups is 2. The van der Waals surface area contributed by atoms with Crippen LogP contribution in [0.15, 0.2) is 12.3 Å². The van der Waals surface area contributed by atoms with Gasteiger partial charge in [-0.05, 0) is 39.7 Å². The highest BCUT2D eigenvalue weighted by Gasteiger charge is 2.37. The summed E-state index contributed by atoms with van der Waals surface area (Å²) in [6.07, 6.45) is 2.51. The van der Waals surface area contributed by atoms with Crippen molar-refractivity contribution in [1.29, 1.82) is 0 Å². The van der Waals surface area contributed by atoms with Crippen LogP contribution in [0, 0.1) is 0 Å². The van der Waals surface area contributed by atoms with E-state index in [0.717, 1.165) is 12.8 Å². The zero-order chi connectivity index (χ0) is 14.9. The molecule has 1 amide bonds. The zero-order valence-electron chi connectivity index (χ0n) is 11.7. The maximum absolute atomic E-state index is 12.2. The van der Waals surface area contributed by atoms with Crippen LogP contribution in [0.4, 0.5) is 10.6 Å². The number of amides is 1. The van der Waals surface area contributed by atoms with E-state index in [1.165, 1.54) is 17.2 Å². The SMILES string of the molecule is CC(C)(C)OC(=O)N(c1ccnc(C(=O)O)n1)C1CC1. The van der Waals surface area contributed by atoms with Crippen molar-refractivity contribution in [2.45, 2.75) is 45.3 Å². The molecule has 0 aromatic carbocycles. The predicted octanol–water partition coefficient (Wildman–Crippen LogP) is 2.08. The molecular weight excluding hydrogens is 262 g/mol. The number of nitrogens with zero attached hydrogens (tertiary/aromatic N) is 3. The first-order chi connectivity index (χ1) is 9.28. The van der Waals surface area contributed by atoms with Crippen LogP contribution in [-0.4, -0.2) is 38.8 Å². The van der Waals surface area contributed by atoms with Gasteiger partial charge in [-0.25, -0.2) is 19.6 Å². The lowest BCUT2D eigenvalue weighted by atomic mass is 10.2. The Bertz CT molecular complexity index is 535. The fourth-order valence-corrected chi connectivity index (χ4v) is 1.66. The van der Waals surface area contributed by atoms with Crippen LogP contribution < -0.4 is 4.90 Å². The summed E-state index contributed by atoms with van der Waals surface area (Å²) in [6.45, 7) is 5.33. The molecule has 7 nitrogen and oxygen atoms in total. The van der Waals surface area contributed by atoms with Crippen LogP contribution in [-0.2, 0) is 4.74 Å². The fourth-order valence-electron chi connectivity index (χ4n) is 1.66. The number of aromatic nitrogens is 2. The minimum atomic E-state index is -1.23. The van der Waals surface area contributed by atoms with Gasteiger partial charge in [0.15, 0.2) is 0 Å². The number of carboxylic acids is 1. The normalized spacial score (nSPS) is 14.8. The second-order valence-corrected chi connectivity index (χ2v) is 5.63. The number of ether oxygens (including phenoxy) is 1. The second kappa shape index (κ2) is 5.07. The Morgan fingerprint density at radius 2 is 2.05 bits per heavy atom. The molecule has 0 unspecified atom stereocenters. The van der Waals surface area contributed by atoms with Crippen LogP contribution in [0.3, 0.4) is 0 Å². The second-order valence-electron chi connectivity index (χ2n) is 5.63. The minimum absolute atomic E-state index is 0.0152. The molecule has 0 aliphatic heterocycles. The number of hydrogen-bond donors (Lipinski definition) is 1. The third kappa shape index (κ3) is 3.43. The quantitative estimate of drug-likeness (QED) is 0.910. The van der Waals surface area contributed by atoms with Gasteiger partial charge in [0.2, 0.25) is 5.82 Å². The summed E-state index contributed by atoms with van der Waals surface area (Å²) in [7, 11) is 0. The van der Waals surface area contributed by atoms with E-state index in [4.69, 9.17) is 9.84 Å². The molecule has 1 saturated carbocycles. The molecule has 0 spiro atoms. The molecule has 0 atom stereocenters. The lowest BCUT2D eigenvalue weighted by Gasteiger charge is -2.26. The summed E-state index contributed by atoms with van der Waals surface area (Å²) in [6, 6.07) is 1.52. The highest BCUT2D eigenvalue weighted by atomic mass is 16.6. The number of anilines is 1. The van der Waals surface area contributed by atoms with Gasteiger partial charge in [-0.3, -0.25) is 4.90 Å². The third-order valence-electron chi connectivity index (χ3n) is 2.58. The van der Waals surface area contributed by atoms with Crippen LogP contribution in [0.2, 0.25) is 0 Å². The molecule has 0 radical (unpaired) electrons. The maximum Gasteiger partial charge on any atom is 0.416 e. The fraction of sp³-hybridized carbons (Fsp3) is 0.538. The van der Waals surface area contributed by atoms with Gasteiger partial charge in [0.25, 0.3) is 0 Å². The molecule has 1 N–H and O–H groups in total. The van der Waals surface area contributed by atoms with Crippen LogP contribution in [0.1, 0.15) is 44.2 Å². The minimum Gasteiger partial charge on any atom is -0.475 e. The van der Waals surface area contributed by atoms with E-state index in [0.29, 0.717) is 0 Å². The standard InChI is InChI=1S/C13H17N3O4/c1-13(2,3)20-12(19)16(8-4-5-8)9-6-7-14-10(15-9)11(17)18/h6-8H,4-5H2,1-3H3,(H,17,18). The summed E-state index contributed by atoms with van der Waals surface area (Å²) in [5.74, 6) is -1.31. The lowest BCUT2D eigenvalue weighted by Crippen LogP contribution is -2.39. The molecule has 1 aliphatic rings. The monoisotopic (exact) mass is 279 g/mol. The van der Waals surface area contributed by atoms with E-state index in [9.17, 15) is 9.59 Å². The largest absolute Gasteiger partial charge is 0.475 e. The molecule has 2 rings (SSSR count). The van der Waals surface area contributed by atoms with E-state index < -0.39 is 17.7 Å². The van der Waals surface area contributed by atoms with Crippen molar-refractivity contribution >= 4 is 17.9 Å². The van der Waals surface area contributed by atoms with Gasteiger partial charge in [-0.15, -0.1) is 0 Å². The zero-order valence-corrected chi connectivity index (χ0v) is 11.7. The highest BCUT2D eigenvalue weighted by molar-refractivity contribution is 5.89. The van der Waals surface area contributed by atoms with Gasteiger partial charge >= 0.3 is 12.1 Å². The Balaban J connectivity index is 2.27. The average Bonchev–Trinajstić information content (AvgIpc) is 3.11. The average molecular weight is 279 g/mol. The van der Waals surface area contributed by atoms with Gasteiger partial charge < -0.3 is 9.84 Å². The predicted molar refractivity (Wildman–Crippen MR) is 70.7 cm³/mol. The van der Waals surface area contributed by atoms with Crippen molar-refractivity contribution in [1.82, 2.24) is 9.97 Å². The molecule has 108 valence electrons. The summed E-state index contributed by atoms with van der Waals surface area (Å²) in [5.41, 5.74) is -0.618. The van der Waals surface area contributed by atoms with E-state index >= 15 is 0 Å². The first-order valence-electron chi connectivity index (χ1n) is 6.36. The van der Waals surface area contributed by atoms with Crippen LogP contribution >= 0.6 is 0 Å². The molecule has 20 heavy (non-hydrogen) atoms. The van der Waals surface area contributed by atoms with E-state index in [1.54, 1.807) is 20.8 Å². The van der Waals surface area contributed by atoms with Crippen molar-refractivity contribution in [2.24, 2.45) is 0 Å². The molecule has 1 aliphatic carbocycles. The molecule has 1 aromatic heterocycles.